The van der Waals surface area contributed by atoms with Crippen molar-refractivity contribution in [3.8, 4) is 0 Å². The minimum Gasteiger partial charge on any atom is -0.465 e. The van der Waals surface area contributed by atoms with Crippen molar-refractivity contribution in [3.05, 3.63) is 33.1 Å². The molecule has 1 saturated heterocycles. The number of likely N-dealkylation sites (tertiary alicyclic amines) is 1. The Balaban J connectivity index is 1.75. The van der Waals surface area contributed by atoms with Crippen molar-refractivity contribution in [3.63, 3.8) is 0 Å². The number of non-ortho nitro benzene ring substituents is 1. The van der Waals surface area contributed by atoms with Gasteiger partial charge in [-0.1, -0.05) is 18.3 Å². The fourth-order valence-electron chi connectivity index (χ4n) is 3.95. The summed E-state index contributed by atoms with van der Waals surface area (Å²) in [6.07, 6.45) is 4.09. The molecular formula is C22H28N4O6S2. The molecule has 184 valence electrons. The molecule has 0 saturated carbocycles. The summed E-state index contributed by atoms with van der Waals surface area (Å²) in [7, 11) is 0. The monoisotopic (exact) mass is 508 g/mol. The van der Waals surface area contributed by atoms with Gasteiger partial charge in [-0.3, -0.25) is 24.5 Å². The number of piperidine rings is 1. The molecule has 3 rings (SSSR count). The number of carbonyl (C=O) groups excluding carboxylic acids is 3. The van der Waals surface area contributed by atoms with Gasteiger partial charge in [-0.05, 0) is 38.7 Å². The Morgan fingerprint density at radius 3 is 2.76 bits per heavy atom. The van der Waals surface area contributed by atoms with E-state index in [1.165, 1.54) is 34.5 Å². The van der Waals surface area contributed by atoms with Crippen LogP contribution in [-0.2, 0) is 25.7 Å². The van der Waals surface area contributed by atoms with Crippen molar-refractivity contribution in [2.45, 2.75) is 52.1 Å². The molecule has 2 aromatic rings. The number of hydrogen-bond acceptors (Lipinski definition) is 8. The summed E-state index contributed by atoms with van der Waals surface area (Å²) in [5.41, 5.74) is 0.459. The number of thioether (sulfide) groups is 1. The molecule has 1 aromatic carbocycles. The summed E-state index contributed by atoms with van der Waals surface area (Å²) >= 11 is 2.30. The van der Waals surface area contributed by atoms with Crippen molar-refractivity contribution < 1.29 is 24.0 Å². The highest BCUT2D eigenvalue weighted by molar-refractivity contribution is 8.00. The van der Waals surface area contributed by atoms with E-state index in [0.29, 0.717) is 10.2 Å². The molecule has 0 N–H and O–H groups in total. The van der Waals surface area contributed by atoms with Crippen LogP contribution in [0.2, 0.25) is 0 Å². The quantitative estimate of drug-likeness (QED) is 0.289. The maximum Gasteiger partial charge on any atom is 0.326 e. The second kappa shape index (κ2) is 12.1. The lowest BCUT2D eigenvalue weighted by atomic mass is 10.0. The van der Waals surface area contributed by atoms with Crippen molar-refractivity contribution in [2.75, 3.05) is 24.7 Å². The largest absolute Gasteiger partial charge is 0.465 e. The number of rotatable bonds is 9. The van der Waals surface area contributed by atoms with Gasteiger partial charge in [0.15, 0.2) is 4.80 Å². The lowest BCUT2D eigenvalue weighted by molar-refractivity contribution is -0.384. The van der Waals surface area contributed by atoms with Gasteiger partial charge in [-0.2, -0.15) is 4.99 Å². The van der Waals surface area contributed by atoms with Crippen LogP contribution >= 0.6 is 23.1 Å². The van der Waals surface area contributed by atoms with Crippen LogP contribution in [0.4, 0.5) is 5.69 Å². The minimum absolute atomic E-state index is 0.0180. The zero-order chi connectivity index (χ0) is 24.7. The van der Waals surface area contributed by atoms with E-state index in [9.17, 15) is 24.5 Å². The minimum atomic E-state index is -0.504. The Kier molecular flexibility index (Phi) is 9.22. The molecule has 0 aliphatic carbocycles. The number of benzene rings is 1. The van der Waals surface area contributed by atoms with Crippen molar-refractivity contribution in [1.29, 1.82) is 0 Å². The highest BCUT2D eigenvalue weighted by Crippen LogP contribution is 2.24. The topological polar surface area (TPSA) is 124 Å². The number of thiazole rings is 1. The lowest BCUT2D eigenvalue weighted by Gasteiger charge is -2.35. The number of aromatic nitrogens is 1. The summed E-state index contributed by atoms with van der Waals surface area (Å²) in [6, 6.07) is 4.53. The van der Waals surface area contributed by atoms with Gasteiger partial charge in [0.1, 0.15) is 6.54 Å². The summed E-state index contributed by atoms with van der Waals surface area (Å²) < 4.78 is 7.07. The summed E-state index contributed by atoms with van der Waals surface area (Å²) in [5, 5.41) is 11.1. The molecular weight excluding hydrogens is 480 g/mol. The standard InChI is InChI=1S/C22H28N4O6S2/c1-3-15-7-5-6-10-24(15)20(28)14-33-13-19(27)23-22-25(12-21(29)32-4-2)17-9-8-16(26(30)31)11-18(17)34-22/h8-9,11,15H,3-7,10,12-14H2,1-2H3. The Morgan fingerprint density at radius 1 is 1.26 bits per heavy atom. The zero-order valence-corrected chi connectivity index (χ0v) is 20.9. The number of amides is 2. The zero-order valence-electron chi connectivity index (χ0n) is 19.2. The maximum absolute atomic E-state index is 12.6. The first-order valence-electron chi connectivity index (χ1n) is 11.2. The Bertz CT molecular complexity index is 1140. The number of nitro groups is 1. The average molecular weight is 509 g/mol. The molecule has 1 aliphatic rings. The van der Waals surface area contributed by atoms with Crippen molar-refractivity contribution in [2.24, 2.45) is 4.99 Å². The predicted molar refractivity (Wildman–Crippen MR) is 131 cm³/mol. The highest BCUT2D eigenvalue weighted by atomic mass is 32.2. The lowest BCUT2D eigenvalue weighted by Crippen LogP contribution is -2.44. The molecule has 0 radical (unpaired) electrons. The van der Waals surface area contributed by atoms with Crippen LogP contribution in [0.5, 0.6) is 0 Å². The number of ether oxygens (including phenoxy) is 1. The molecule has 1 unspecified atom stereocenters. The molecule has 0 spiro atoms. The van der Waals surface area contributed by atoms with Gasteiger partial charge >= 0.3 is 5.97 Å². The van der Waals surface area contributed by atoms with Crippen LogP contribution in [0.25, 0.3) is 10.2 Å². The van der Waals surface area contributed by atoms with Crippen LogP contribution in [-0.4, -0.2) is 62.9 Å². The van der Waals surface area contributed by atoms with Gasteiger partial charge < -0.3 is 14.2 Å². The third-order valence-corrected chi connectivity index (χ3v) is 7.50. The predicted octanol–water partition coefficient (Wildman–Crippen LogP) is 3.13. The van der Waals surface area contributed by atoms with Crippen molar-refractivity contribution in [1.82, 2.24) is 9.47 Å². The maximum atomic E-state index is 12.6. The number of nitrogens with zero attached hydrogens (tertiary/aromatic N) is 4. The summed E-state index contributed by atoms with van der Waals surface area (Å²) in [4.78, 5) is 54.2. The van der Waals surface area contributed by atoms with E-state index in [4.69, 9.17) is 4.74 Å². The molecule has 1 atom stereocenters. The second-order valence-electron chi connectivity index (χ2n) is 7.83. The smallest absolute Gasteiger partial charge is 0.326 e. The molecule has 1 aliphatic heterocycles. The Morgan fingerprint density at radius 2 is 2.06 bits per heavy atom. The molecule has 1 aromatic heterocycles. The van der Waals surface area contributed by atoms with E-state index in [1.807, 2.05) is 4.90 Å². The van der Waals surface area contributed by atoms with Gasteiger partial charge in [-0.15, -0.1) is 11.8 Å². The van der Waals surface area contributed by atoms with Gasteiger partial charge in [0.2, 0.25) is 5.91 Å². The number of fused-ring (bicyclic) bond motifs is 1. The molecule has 10 nitrogen and oxygen atoms in total. The SMILES string of the molecule is CCOC(=O)Cn1c(=NC(=O)CSCC(=O)N2CCCCC2CC)sc2cc([N+](=O)[O-])ccc21. The average Bonchev–Trinajstić information content (AvgIpc) is 3.14. The van der Waals surface area contributed by atoms with Crippen LogP contribution < -0.4 is 4.80 Å². The van der Waals surface area contributed by atoms with E-state index < -0.39 is 16.8 Å². The first-order valence-corrected chi connectivity index (χ1v) is 13.2. The second-order valence-corrected chi connectivity index (χ2v) is 9.82. The van der Waals surface area contributed by atoms with Crippen LogP contribution in [0, 0.1) is 10.1 Å². The van der Waals surface area contributed by atoms with Crippen LogP contribution in [0.3, 0.4) is 0 Å². The van der Waals surface area contributed by atoms with E-state index in [2.05, 4.69) is 11.9 Å². The fraction of sp³-hybridized carbons (Fsp3) is 0.545. The first-order chi connectivity index (χ1) is 16.3. The third-order valence-electron chi connectivity index (χ3n) is 5.56. The van der Waals surface area contributed by atoms with Gasteiger partial charge in [-0.25, -0.2) is 0 Å². The third kappa shape index (κ3) is 6.44. The Hall–Kier alpha value is -2.73. The molecule has 12 heteroatoms. The molecule has 2 heterocycles. The van der Waals surface area contributed by atoms with Gasteiger partial charge in [0.05, 0.1) is 33.3 Å². The highest BCUT2D eigenvalue weighted by Gasteiger charge is 2.25. The normalized spacial score (nSPS) is 16.6. The Labute approximate surface area is 205 Å². The van der Waals surface area contributed by atoms with Gasteiger partial charge in [0, 0.05) is 24.7 Å². The summed E-state index contributed by atoms with van der Waals surface area (Å²) in [6.45, 7) is 4.57. The van der Waals surface area contributed by atoms with Crippen LogP contribution in [0.15, 0.2) is 23.2 Å². The van der Waals surface area contributed by atoms with E-state index in [1.54, 1.807) is 6.92 Å². The number of hydrogen-bond donors (Lipinski definition) is 0. The molecule has 2 amide bonds. The number of nitro benzene ring substituents is 1. The van der Waals surface area contributed by atoms with E-state index in [0.717, 1.165) is 43.6 Å². The fourth-order valence-corrected chi connectivity index (χ4v) is 5.71. The summed E-state index contributed by atoms with van der Waals surface area (Å²) in [5.74, 6) is -0.678. The molecule has 1 fully saturated rings. The van der Waals surface area contributed by atoms with Crippen LogP contribution in [0.1, 0.15) is 39.5 Å². The number of esters is 1. The van der Waals surface area contributed by atoms with Crippen molar-refractivity contribution >= 4 is 56.8 Å². The van der Waals surface area contributed by atoms with Gasteiger partial charge in [0.25, 0.3) is 11.6 Å². The molecule has 34 heavy (non-hydrogen) atoms. The number of carbonyl (C=O) groups is 3. The van der Waals surface area contributed by atoms with E-state index >= 15 is 0 Å². The molecule has 0 bridgehead atoms. The van der Waals surface area contributed by atoms with E-state index in [-0.39, 0.29) is 47.1 Å². The first kappa shape index (κ1) is 25.9.